The first kappa shape index (κ1) is 7.07. The van der Waals surface area contributed by atoms with Crippen molar-refractivity contribution in [1.82, 2.24) is 4.90 Å². The standard InChI is InChI=1S/C8H15N/c1-7-5-4-6-8(2)9(7)3/h3,7-8H,4-6H2,1-2H3. The van der Waals surface area contributed by atoms with Gasteiger partial charge in [0.15, 0.2) is 0 Å². The van der Waals surface area contributed by atoms with Gasteiger partial charge in [0.05, 0.1) is 0 Å². The summed E-state index contributed by atoms with van der Waals surface area (Å²) < 4.78 is 0. The van der Waals surface area contributed by atoms with Crippen LogP contribution in [-0.4, -0.2) is 17.0 Å². The second-order valence-electron chi connectivity index (χ2n) is 3.08. The van der Waals surface area contributed by atoms with E-state index in [9.17, 15) is 0 Å². The third-order valence-electron chi connectivity index (χ3n) is 2.26. The fourth-order valence-corrected chi connectivity index (χ4v) is 1.44. The van der Waals surface area contributed by atoms with Crippen LogP contribution in [0.3, 0.4) is 0 Å². The Labute approximate surface area is 58.0 Å². The summed E-state index contributed by atoms with van der Waals surface area (Å²) in [5.74, 6) is 0. The lowest BCUT2D eigenvalue weighted by molar-refractivity contribution is 0.160. The second kappa shape index (κ2) is 2.70. The van der Waals surface area contributed by atoms with Gasteiger partial charge in [0.2, 0.25) is 0 Å². The second-order valence-corrected chi connectivity index (χ2v) is 3.08. The molecule has 0 aliphatic carbocycles. The van der Waals surface area contributed by atoms with Crippen LogP contribution in [0.15, 0.2) is 0 Å². The molecule has 1 rings (SSSR count). The average Bonchev–Trinajstić information content (AvgIpc) is 1.83. The maximum absolute atomic E-state index is 5.76. The Balaban J connectivity index is 2.41. The van der Waals surface area contributed by atoms with Gasteiger partial charge in [-0.3, -0.25) is 4.90 Å². The molecule has 1 heteroatoms. The summed E-state index contributed by atoms with van der Waals surface area (Å²) in [7, 11) is 5.76. The molecule has 1 aliphatic heterocycles. The van der Waals surface area contributed by atoms with Gasteiger partial charge in [0.25, 0.3) is 0 Å². The Bertz CT molecular complexity index is 80.6. The van der Waals surface area contributed by atoms with E-state index in [0.29, 0.717) is 12.1 Å². The van der Waals surface area contributed by atoms with Crippen LogP contribution in [0.4, 0.5) is 0 Å². The number of likely N-dealkylation sites (tertiary alicyclic amines) is 1. The molecule has 9 heavy (non-hydrogen) atoms. The predicted octanol–water partition coefficient (Wildman–Crippen LogP) is 1.92. The molecule has 2 atom stereocenters. The molecule has 0 aromatic carbocycles. The van der Waals surface area contributed by atoms with Crippen molar-refractivity contribution >= 4 is 0 Å². The van der Waals surface area contributed by atoms with E-state index >= 15 is 0 Å². The number of hydrogen-bond acceptors (Lipinski definition) is 1. The molecule has 0 N–H and O–H groups in total. The number of hydrogen-bond donors (Lipinski definition) is 0. The van der Waals surface area contributed by atoms with E-state index in [-0.39, 0.29) is 0 Å². The summed E-state index contributed by atoms with van der Waals surface area (Å²) in [6.07, 6.45) is 3.87. The van der Waals surface area contributed by atoms with Crippen LogP contribution in [0.25, 0.3) is 0 Å². The summed E-state index contributed by atoms with van der Waals surface area (Å²) in [5.41, 5.74) is 0. The van der Waals surface area contributed by atoms with E-state index in [1.54, 1.807) is 0 Å². The third kappa shape index (κ3) is 1.45. The summed E-state index contributed by atoms with van der Waals surface area (Å²) in [4.78, 5) is 1.98. The quantitative estimate of drug-likeness (QED) is 0.478. The van der Waals surface area contributed by atoms with Crippen LogP contribution in [0.5, 0.6) is 0 Å². The van der Waals surface area contributed by atoms with Crippen LogP contribution < -0.4 is 0 Å². The van der Waals surface area contributed by atoms with E-state index in [2.05, 4.69) is 13.8 Å². The molecule has 2 unspecified atom stereocenters. The Morgan fingerprint density at radius 2 is 1.67 bits per heavy atom. The van der Waals surface area contributed by atoms with E-state index in [1.165, 1.54) is 19.3 Å². The molecule has 1 heterocycles. The van der Waals surface area contributed by atoms with Gasteiger partial charge >= 0.3 is 0 Å². The van der Waals surface area contributed by atoms with E-state index in [0.717, 1.165) is 0 Å². The monoisotopic (exact) mass is 125 g/mol. The van der Waals surface area contributed by atoms with Crippen molar-refractivity contribution in [2.24, 2.45) is 0 Å². The van der Waals surface area contributed by atoms with Gasteiger partial charge in [-0.25, -0.2) is 0 Å². The van der Waals surface area contributed by atoms with E-state index in [4.69, 9.17) is 7.05 Å². The molecule has 0 bridgehead atoms. The maximum atomic E-state index is 5.76. The van der Waals surface area contributed by atoms with E-state index < -0.39 is 0 Å². The van der Waals surface area contributed by atoms with Gasteiger partial charge in [0, 0.05) is 19.1 Å². The Morgan fingerprint density at radius 3 is 2.00 bits per heavy atom. The molecular weight excluding hydrogens is 110 g/mol. The largest absolute Gasteiger partial charge is 0.292 e. The maximum Gasteiger partial charge on any atom is 0.0444 e. The normalized spacial score (nSPS) is 39.0. The highest BCUT2D eigenvalue weighted by Crippen LogP contribution is 2.20. The molecular formula is C8H15N. The molecule has 1 aliphatic rings. The molecule has 0 saturated carbocycles. The summed E-state index contributed by atoms with van der Waals surface area (Å²) in [5, 5.41) is 0. The zero-order valence-electron chi connectivity index (χ0n) is 6.30. The molecule has 0 aromatic heterocycles. The first-order valence-electron chi connectivity index (χ1n) is 3.75. The molecule has 0 aromatic rings. The van der Waals surface area contributed by atoms with Gasteiger partial charge in [-0.15, -0.1) is 0 Å². The topological polar surface area (TPSA) is 3.24 Å². The van der Waals surface area contributed by atoms with Gasteiger partial charge in [-0.2, -0.15) is 0 Å². The highest BCUT2D eigenvalue weighted by atomic mass is 15.2. The lowest BCUT2D eigenvalue weighted by atomic mass is 9.99. The van der Waals surface area contributed by atoms with Gasteiger partial charge < -0.3 is 0 Å². The lowest BCUT2D eigenvalue weighted by Crippen LogP contribution is -2.38. The van der Waals surface area contributed by atoms with Crippen molar-refractivity contribution in [2.75, 3.05) is 0 Å². The van der Waals surface area contributed by atoms with Gasteiger partial charge in [0.1, 0.15) is 0 Å². The van der Waals surface area contributed by atoms with Crippen molar-refractivity contribution in [1.29, 1.82) is 0 Å². The van der Waals surface area contributed by atoms with Crippen molar-refractivity contribution in [3.63, 3.8) is 0 Å². The molecule has 52 valence electrons. The predicted molar refractivity (Wildman–Crippen MR) is 38.9 cm³/mol. The van der Waals surface area contributed by atoms with Crippen molar-refractivity contribution in [3.8, 4) is 0 Å². The highest BCUT2D eigenvalue weighted by molar-refractivity contribution is 4.78. The van der Waals surface area contributed by atoms with Crippen LogP contribution in [-0.2, 0) is 0 Å². The Hall–Kier alpha value is -0.0400. The Morgan fingerprint density at radius 1 is 1.22 bits per heavy atom. The minimum atomic E-state index is 0.591. The highest BCUT2D eigenvalue weighted by Gasteiger charge is 2.20. The van der Waals surface area contributed by atoms with Gasteiger partial charge in [-0.1, -0.05) is 6.42 Å². The summed E-state index contributed by atoms with van der Waals surface area (Å²) in [6.45, 7) is 4.38. The zero-order valence-corrected chi connectivity index (χ0v) is 6.30. The van der Waals surface area contributed by atoms with E-state index in [1.807, 2.05) is 4.90 Å². The molecule has 1 saturated heterocycles. The molecule has 2 radical (unpaired) electrons. The van der Waals surface area contributed by atoms with Crippen LogP contribution in [0, 0.1) is 7.05 Å². The minimum Gasteiger partial charge on any atom is -0.292 e. The molecule has 0 spiro atoms. The summed E-state index contributed by atoms with van der Waals surface area (Å²) in [6, 6.07) is 1.18. The first-order chi connectivity index (χ1) is 4.22. The van der Waals surface area contributed by atoms with Crippen LogP contribution >= 0.6 is 0 Å². The summed E-state index contributed by atoms with van der Waals surface area (Å²) >= 11 is 0. The van der Waals surface area contributed by atoms with Crippen molar-refractivity contribution < 1.29 is 0 Å². The fourth-order valence-electron chi connectivity index (χ4n) is 1.44. The van der Waals surface area contributed by atoms with Crippen molar-refractivity contribution in [3.05, 3.63) is 7.05 Å². The van der Waals surface area contributed by atoms with Crippen molar-refractivity contribution in [2.45, 2.75) is 45.2 Å². The lowest BCUT2D eigenvalue weighted by Gasteiger charge is -2.34. The Kier molecular flexibility index (Phi) is 2.12. The molecule has 0 amide bonds. The SMILES string of the molecule is [CH]N1C(C)CCCC1C. The fraction of sp³-hybridized carbons (Fsp3) is 0.875. The third-order valence-corrected chi connectivity index (χ3v) is 2.26. The first-order valence-corrected chi connectivity index (χ1v) is 3.75. The minimum absolute atomic E-state index is 0.591. The number of piperidine rings is 1. The zero-order chi connectivity index (χ0) is 6.85. The smallest absolute Gasteiger partial charge is 0.0444 e. The van der Waals surface area contributed by atoms with Gasteiger partial charge in [-0.05, 0) is 26.7 Å². The molecule has 1 nitrogen and oxygen atoms in total. The van der Waals surface area contributed by atoms with Crippen LogP contribution in [0.2, 0.25) is 0 Å². The molecule has 1 fully saturated rings. The number of nitrogens with zero attached hydrogens (tertiary/aromatic N) is 1. The average molecular weight is 125 g/mol. The number of rotatable bonds is 0. The van der Waals surface area contributed by atoms with Crippen LogP contribution in [0.1, 0.15) is 33.1 Å².